The number of aromatic nitrogens is 2. The number of oxazole rings is 1. The zero-order valence-electron chi connectivity index (χ0n) is 12.5. The van der Waals surface area contributed by atoms with Gasteiger partial charge >= 0.3 is 0 Å². The summed E-state index contributed by atoms with van der Waals surface area (Å²) in [6, 6.07) is 8.08. The van der Waals surface area contributed by atoms with Crippen LogP contribution in [0.1, 0.15) is 34.4 Å². The smallest absolute Gasteiger partial charge is 0.197 e. The first-order valence-electron chi connectivity index (χ1n) is 7.19. The van der Waals surface area contributed by atoms with Gasteiger partial charge < -0.3 is 9.73 Å². The molecule has 5 heteroatoms. The first kappa shape index (κ1) is 14.2. The van der Waals surface area contributed by atoms with Gasteiger partial charge in [-0.05, 0) is 32.5 Å². The Morgan fingerprint density at radius 3 is 2.71 bits per heavy atom. The highest BCUT2D eigenvalue weighted by Crippen LogP contribution is 2.28. The summed E-state index contributed by atoms with van der Waals surface area (Å²) < 4.78 is 5.85. The first-order valence-corrected chi connectivity index (χ1v) is 8.00. The molecule has 1 unspecified atom stereocenters. The molecule has 1 atom stereocenters. The number of hydrogen-bond acceptors (Lipinski definition) is 5. The average molecular weight is 301 g/mol. The molecule has 0 spiro atoms. The van der Waals surface area contributed by atoms with Crippen molar-refractivity contribution in [1.29, 1.82) is 0 Å². The largest absolute Gasteiger partial charge is 0.441 e. The van der Waals surface area contributed by atoms with E-state index in [0.29, 0.717) is 0 Å². The van der Waals surface area contributed by atoms with E-state index in [2.05, 4.69) is 29.1 Å². The third-order valence-electron chi connectivity index (χ3n) is 3.42. The van der Waals surface area contributed by atoms with Crippen molar-refractivity contribution in [2.75, 3.05) is 6.54 Å². The fourth-order valence-corrected chi connectivity index (χ4v) is 3.56. The van der Waals surface area contributed by atoms with E-state index in [0.717, 1.165) is 40.7 Å². The maximum absolute atomic E-state index is 5.85. The number of benzene rings is 1. The summed E-state index contributed by atoms with van der Waals surface area (Å²) in [6.45, 7) is 7.13. The molecule has 3 rings (SSSR count). The Kier molecular flexibility index (Phi) is 4.03. The van der Waals surface area contributed by atoms with Crippen LogP contribution in [-0.2, 0) is 6.42 Å². The van der Waals surface area contributed by atoms with Gasteiger partial charge in [-0.15, -0.1) is 11.3 Å². The molecule has 2 aromatic heterocycles. The van der Waals surface area contributed by atoms with Crippen LogP contribution in [0.25, 0.3) is 11.1 Å². The highest BCUT2D eigenvalue weighted by Gasteiger charge is 2.19. The van der Waals surface area contributed by atoms with Crippen LogP contribution in [-0.4, -0.2) is 16.5 Å². The molecule has 0 saturated carbocycles. The molecule has 110 valence electrons. The van der Waals surface area contributed by atoms with Crippen LogP contribution in [0.5, 0.6) is 0 Å². The third kappa shape index (κ3) is 2.99. The summed E-state index contributed by atoms with van der Waals surface area (Å²) in [5.74, 6) is 0.771. The van der Waals surface area contributed by atoms with Crippen molar-refractivity contribution in [3.63, 3.8) is 0 Å². The van der Waals surface area contributed by atoms with Crippen molar-refractivity contribution in [2.24, 2.45) is 0 Å². The van der Waals surface area contributed by atoms with Gasteiger partial charge in [0.25, 0.3) is 0 Å². The van der Waals surface area contributed by atoms with Crippen LogP contribution in [0.2, 0.25) is 0 Å². The molecular weight excluding hydrogens is 282 g/mol. The standard InChI is InChI=1S/C16H19N3OS/c1-4-17-13(16-10(2)18-11(3)21-16)9-15-19-12-7-5-6-8-14(12)20-15/h5-8,13,17H,4,9H2,1-3H3. The molecule has 0 saturated heterocycles. The van der Waals surface area contributed by atoms with Crippen molar-refractivity contribution in [2.45, 2.75) is 33.2 Å². The van der Waals surface area contributed by atoms with E-state index in [-0.39, 0.29) is 6.04 Å². The maximum Gasteiger partial charge on any atom is 0.197 e. The van der Waals surface area contributed by atoms with Gasteiger partial charge in [0.15, 0.2) is 11.5 Å². The molecular formula is C16H19N3OS. The third-order valence-corrected chi connectivity index (χ3v) is 4.61. The van der Waals surface area contributed by atoms with Crippen molar-refractivity contribution >= 4 is 22.4 Å². The first-order chi connectivity index (χ1) is 10.2. The Hall–Kier alpha value is -1.72. The number of para-hydroxylation sites is 2. The van der Waals surface area contributed by atoms with Gasteiger partial charge in [0.2, 0.25) is 0 Å². The van der Waals surface area contributed by atoms with Gasteiger partial charge in [-0.1, -0.05) is 19.1 Å². The number of rotatable bonds is 5. The summed E-state index contributed by atoms with van der Waals surface area (Å²) >= 11 is 1.75. The number of nitrogens with one attached hydrogen (secondary N) is 1. The van der Waals surface area contributed by atoms with E-state index in [1.54, 1.807) is 11.3 Å². The lowest BCUT2D eigenvalue weighted by molar-refractivity contribution is 0.463. The minimum absolute atomic E-state index is 0.203. The summed E-state index contributed by atoms with van der Waals surface area (Å²) in [5.41, 5.74) is 2.86. The quantitative estimate of drug-likeness (QED) is 0.779. The van der Waals surface area contributed by atoms with E-state index in [1.165, 1.54) is 4.88 Å². The Morgan fingerprint density at radius 2 is 2.05 bits per heavy atom. The van der Waals surface area contributed by atoms with E-state index >= 15 is 0 Å². The molecule has 0 radical (unpaired) electrons. The fraction of sp³-hybridized carbons (Fsp3) is 0.375. The zero-order valence-corrected chi connectivity index (χ0v) is 13.3. The monoisotopic (exact) mass is 301 g/mol. The molecule has 0 aliphatic heterocycles. The van der Waals surface area contributed by atoms with Crippen LogP contribution >= 0.6 is 11.3 Å². The van der Waals surface area contributed by atoms with Crippen LogP contribution in [0, 0.1) is 13.8 Å². The number of thiazole rings is 1. The molecule has 1 aromatic carbocycles. The molecule has 0 bridgehead atoms. The molecule has 0 fully saturated rings. The van der Waals surface area contributed by atoms with Gasteiger partial charge in [0.1, 0.15) is 5.52 Å². The van der Waals surface area contributed by atoms with Crippen LogP contribution in [0.3, 0.4) is 0 Å². The molecule has 0 aliphatic rings. The maximum atomic E-state index is 5.85. The van der Waals surface area contributed by atoms with Gasteiger partial charge in [0, 0.05) is 11.3 Å². The van der Waals surface area contributed by atoms with Gasteiger partial charge in [-0.3, -0.25) is 0 Å². The van der Waals surface area contributed by atoms with Gasteiger partial charge in [-0.2, -0.15) is 0 Å². The number of likely N-dealkylation sites (N-methyl/N-ethyl adjacent to an activating group) is 1. The minimum atomic E-state index is 0.203. The van der Waals surface area contributed by atoms with E-state index in [4.69, 9.17) is 4.42 Å². The zero-order chi connectivity index (χ0) is 14.8. The van der Waals surface area contributed by atoms with Crippen molar-refractivity contribution in [3.05, 3.63) is 45.7 Å². The topological polar surface area (TPSA) is 51.0 Å². The Bertz CT molecular complexity index is 714. The lowest BCUT2D eigenvalue weighted by atomic mass is 10.1. The van der Waals surface area contributed by atoms with Crippen molar-refractivity contribution < 1.29 is 4.42 Å². The lowest BCUT2D eigenvalue weighted by Crippen LogP contribution is -2.22. The molecule has 21 heavy (non-hydrogen) atoms. The molecule has 4 nitrogen and oxygen atoms in total. The van der Waals surface area contributed by atoms with Gasteiger partial charge in [-0.25, -0.2) is 9.97 Å². The van der Waals surface area contributed by atoms with E-state index in [9.17, 15) is 0 Å². The van der Waals surface area contributed by atoms with Crippen LogP contribution in [0.15, 0.2) is 28.7 Å². The highest BCUT2D eigenvalue weighted by atomic mass is 32.1. The van der Waals surface area contributed by atoms with E-state index < -0.39 is 0 Å². The predicted molar refractivity (Wildman–Crippen MR) is 85.7 cm³/mol. The summed E-state index contributed by atoms with van der Waals surface area (Å²) in [4.78, 5) is 10.4. The highest BCUT2D eigenvalue weighted by molar-refractivity contribution is 7.11. The summed E-state index contributed by atoms with van der Waals surface area (Å²) in [6.07, 6.45) is 0.741. The van der Waals surface area contributed by atoms with Gasteiger partial charge in [0.05, 0.1) is 16.7 Å². The summed E-state index contributed by atoms with van der Waals surface area (Å²) in [5, 5.41) is 4.62. The Morgan fingerprint density at radius 1 is 1.24 bits per heavy atom. The average Bonchev–Trinajstić information content (AvgIpc) is 3.00. The second kappa shape index (κ2) is 5.95. The molecule has 3 aromatic rings. The second-order valence-corrected chi connectivity index (χ2v) is 6.31. The Labute approximate surface area is 128 Å². The summed E-state index contributed by atoms with van der Waals surface area (Å²) in [7, 11) is 0. The second-order valence-electron chi connectivity index (χ2n) is 5.07. The number of fused-ring (bicyclic) bond motifs is 1. The molecule has 2 heterocycles. The minimum Gasteiger partial charge on any atom is -0.441 e. The number of aryl methyl sites for hydroxylation is 2. The van der Waals surface area contributed by atoms with Crippen molar-refractivity contribution in [1.82, 2.24) is 15.3 Å². The SMILES string of the molecule is CCNC(Cc1nc2ccccc2o1)c1sc(C)nc1C. The van der Waals surface area contributed by atoms with Crippen molar-refractivity contribution in [3.8, 4) is 0 Å². The van der Waals surface area contributed by atoms with E-state index in [1.807, 2.05) is 31.2 Å². The molecule has 1 N–H and O–H groups in total. The van der Waals surface area contributed by atoms with Crippen LogP contribution < -0.4 is 5.32 Å². The normalized spacial score (nSPS) is 12.9. The predicted octanol–water partition coefficient (Wildman–Crippen LogP) is 3.79. The Balaban J connectivity index is 1.89. The fourth-order valence-electron chi connectivity index (χ4n) is 2.56. The number of hydrogen-bond donors (Lipinski definition) is 1. The molecule has 0 amide bonds. The lowest BCUT2D eigenvalue weighted by Gasteiger charge is -2.15. The van der Waals surface area contributed by atoms with Crippen LogP contribution in [0.4, 0.5) is 0 Å². The molecule has 0 aliphatic carbocycles. The number of nitrogens with zero attached hydrogens (tertiary/aromatic N) is 2.